The fraction of sp³-hybridized carbons (Fsp3) is 0.588. The molecule has 1 heterocycles. The molecule has 1 amide bonds. The fourth-order valence-electron chi connectivity index (χ4n) is 3.33. The number of likely N-dealkylation sites (tertiary alicyclic amines) is 1. The Kier molecular flexibility index (Phi) is 4.51. The molecular formula is C17H23ClN2O. The highest BCUT2D eigenvalue weighted by Gasteiger charge is 2.41. The molecule has 1 aliphatic heterocycles. The van der Waals surface area contributed by atoms with Crippen molar-refractivity contribution in [3.8, 4) is 0 Å². The summed E-state index contributed by atoms with van der Waals surface area (Å²) < 4.78 is 0. The molecule has 114 valence electrons. The third kappa shape index (κ3) is 3.78. The third-order valence-electron chi connectivity index (χ3n) is 4.76. The van der Waals surface area contributed by atoms with Crippen LogP contribution in [0.4, 0.5) is 0 Å². The van der Waals surface area contributed by atoms with E-state index in [9.17, 15) is 4.79 Å². The zero-order valence-electron chi connectivity index (χ0n) is 12.3. The second-order valence-corrected chi connectivity index (χ2v) is 6.88. The van der Waals surface area contributed by atoms with Gasteiger partial charge in [0.25, 0.3) is 0 Å². The number of nitrogens with two attached hydrogens (primary N) is 1. The molecule has 3 nitrogen and oxygen atoms in total. The minimum Gasteiger partial charge on any atom is -0.341 e. The maximum absolute atomic E-state index is 12.3. The Balaban J connectivity index is 1.43. The summed E-state index contributed by atoms with van der Waals surface area (Å²) in [6.45, 7) is 1.63. The van der Waals surface area contributed by atoms with Gasteiger partial charge in [0, 0.05) is 30.6 Å². The van der Waals surface area contributed by atoms with Gasteiger partial charge in [0.05, 0.1) is 0 Å². The molecule has 2 N–H and O–H groups in total. The van der Waals surface area contributed by atoms with Gasteiger partial charge in [-0.1, -0.05) is 23.7 Å². The number of hydrogen-bond acceptors (Lipinski definition) is 2. The van der Waals surface area contributed by atoms with E-state index in [4.69, 9.17) is 17.3 Å². The van der Waals surface area contributed by atoms with Gasteiger partial charge in [-0.3, -0.25) is 4.79 Å². The van der Waals surface area contributed by atoms with Crippen LogP contribution in [-0.2, 0) is 11.2 Å². The highest BCUT2D eigenvalue weighted by atomic mass is 35.5. The number of carbonyl (C=O) groups excluding carboxylic acids is 1. The predicted molar refractivity (Wildman–Crippen MR) is 85.2 cm³/mol. The first-order chi connectivity index (χ1) is 10.1. The average Bonchev–Trinajstić information content (AvgIpc) is 3.23. The van der Waals surface area contributed by atoms with E-state index in [1.165, 1.54) is 18.4 Å². The summed E-state index contributed by atoms with van der Waals surface area (Å²) in [5.41, 5.74) is 7.41. The minimum absolute atomic E-state index is 0.192. The van der Waals surface area contributed by atoms with E-state index in [1.807, 2.05) is 29.2 Å². The van der Waals surface area contributed by atoms with Crippen molar-refractivity contribution in [2.45, 2.75) is 38.1 Å². The van der Waals surface area contributed by atoms with Crippen LogP contribution in [0.5, 0.6) is 0 Å². The highest BCUT2D eigenvalue weighted by molar-refractivity contribution is 6.30. The summed E-state index contributed by atoms with van der Waals surface area (Å²) in [5, 5.41) is 0.756. The van der Waals surface area contributed by atoms with Crippen molar-refractivity contribution in [1.29, 1.82) is 0 Å². The number of hydrogen-bond donors (Lipinski definition) is 1. The molecule has 0 aromatic heterocycles. The number of nitrogens with zero attached hydrogens (tertiary/aromatic N) is 1. The molecule has 2 atom stereocenters. The molecule has 0 spiro atoms. The summed E-state index contributed by atoms with van der Waals surface area (Å²) in [6, 6.07) is 8.05. The van der Waals surface area contributed by atoms with Crippen molar-refractivity contribution < 1.29 is 4.79 Å². The Morgan fingerprint density at radius 3 is 2.62 bits per heavy atom. The monoisotopic (exact) mass is 306 g/mol. The molecule has 3 rings (SSSR count). The van der Waals surface area contributed by atoms with Gasteiger partial charge in [0.2, 0.25) is 5.91 Å². The number of carbonyl (C=O) groups is 1. The van der Waals surface area contributed by atoms with Crippen LogP contribution in [0.15, 0.2) is 24.3 Å². The molecule has 0 bridgehead atoms. The van der Waals surface area contributed by atoms with Gasteiger partial charge in [-0.25, -0.2) is 0 Å². The van der Waals surface area contributed by atoms with E-state index in [0.717, 1.165) is 36.9 Å². The van der Waals surface area contributed by atoms with Crippen LogP contribution < -0.4 is 5.73 Å². The number of amides is 1. The van der Waals surface area contributed by atoms with Crippen LogP contribution in [0.1, 0.15) is 31.2 Å². The summed E-state index contributed by atoms with van der Waals surface area (Å²) >= 11 is 5.87. The number of aryl methyl sites for hydroxylation is 1. The molecule has 1 aliphatic carbocycles. The maximum atomic E-state index is 12.3. The Morgan fingerprint density at radius 1 is 1.24 bits per heavy atom. The molecule has 1 aromatic rings. The van der Waals surface area contributed by atoms with Crippen molar-refractivity contribution >= 4 is 17.5 Å². The number of benzene rings is 1. The largest absolute Gasteiger partial charge is 0.341 e. The van der Waals surface area contributed by atoms with Crippen LogP contribution in [0, 0.1) is 11.8 Å². The Hall–Kier alpha value is -1.06. The van der Waals surface area contributed by atoms with Crippen molar-refractivity contribution in [1.82, 2.24) is 4.90 Å². The lowest BCUT2D eigenvalue weighted by molar-refractivity contribution is -0.130. The highest BCUT2D eigenvalue weighted by Crippen LogP contribution is 2.40. The van der Waals surface area contributed by atoms with E-state index in [0.29, 0.717) is 12.3 Å². The van der Waals surface area contributed by atoms with Gasteiger partial charge in [-0.15, -0.1) is 0 Å². The summed E-state index contributed by atoms with van der Waals surface area (Å²) in [7, 11) is 0. The predicted octanol–water partition coefficient (Wildman–Crippen LogP) is 2.86. The lowest BCUT2D eigenvalue weighted by Gasteiger charge is -2.16. The Labute approximate surface area is 131 Å². The standard InChI is InChI=1S/C17H23ClN2O/c18-14-8-4-12(5-9-14)2-1-3-17(21)20-10-15(13-6-7-13)16(19)11-20/h4-5,8-9,13,15-16H,1-3,6-7,10-11,19H2. The van der Waals surface area contributed by atoms with Gasteiger partial charge in [-0.2, -0.15) is 0 Å². The smallest absolute Gasteiger partial charge is 0.222 e. The Bertz CT molecular complexity index is 498. The van der Waals surface area contributed by atoms with E-state index < -0.39 is 0 Å². The lowest BCUT2D eigenvalue weighted by atomic mass is 9.99. The summed E-state index contributed by atoms with van der Waals surface area (Å²) in [6.07, 6.45) is 5.04. The molecule has 1 aromatic carbocycles. The number of rotatable bonds is 5. The molecule has 0 radical (unpaired) electrons. The van der Waals surface area contributed by atoms with Gasteiger partial charge in [0.1, 0.15) is 0 Å². The topological polar surface area (TPSA) is 46.3 Å². The summed E-state index contributed by atoms with van der Waals surface area (Å²) in [4.78, 5) is 14.3. The zero-order valence-corrected chi connectivity index (χ0v) is 13.1. The molecule has 1 saturated heterocycles. The fourth-order valence-corrected chi connectivity index (χ4v) is 3.46. The quantitative estimate of drug-likeness (QED) is 0.909. The number of halogens is 1. The molecule has 2 aliphatic rings. The van der Waals surface area contributed by atoms with Crippen molar-refractivity contribution in [3.05, 3.63) is 34.9 Å². The first-order valence-corrected chi connectivity index (χ1v) is 8.29. The second-order valence-electron chi connectivity index (χ2n) is 6.44. The minimum atomic E-state index is 0.192. The van der Waals surface area contributed by atoms with Crippen molar-refractivity contribution in [2.24, 2.45) is 17.6 Å². The summed E-state index contributed by atoms with van der Waals surface area (Å²) in [5.74, 6) is 1.60. The molecule has 2 unspecified atom stereocenters. The lowest BCUT2D eigenvalue weighted by Crippen LogP contribution is -2.32. The zero-order chi connectivity index (χ0) is 14.8. The normalized spacial score (nSPS) is 25.3. The van der Waals surface area contributed by atoms with E-state index in [-0.39, 0.29) is 11.9 Å². The molecule has 1 saturated carbocycles. The van der Waals surface area contributed by atoms with Crippen LogP contribution in [0.25, 0.3) is 0 Å². The molecule has 4 heteroatoms. The average molecular weight is 307 g/mol. The van der Waals surface area contributed by atoms with Crippen molar-refractivity contribution in [2.75, 3.05) is 13.1 Å². The van der Waals surface area contributed by atoms with E-state index in [1.54, 1.807) is 0 Å². The molecular weight excluding hydrogens is 284 g/mol. The molecule has 21 heavy (non-hydrogen) atoms. The van der Waals surface area contributed by atoms with Crippen molar-refractivity contribution in [3.63, 3.8) is 0 Å². The van der Waals surface area contributed by atoms with Crippen LogP contribution in [-0.4, -0.2) is 29.9 Å². The van der Waals surface area contributed by atoms with E-state index in [2.05, 4.69) is 0 Å². The second kappa shape index (κ2) is 6.37. The van der Waals surface area contributed by atoms with E-state index >= 15 is 0 Å². The Morgan fingerprint density at radius 2 is 1.95 bits per heavy atom. The SMILES string of the molecule is NC1CN(C(=O)CCCc2ccc(Cl)cc2)CC1C1CC1. The van der Waals surface area contributed by atoms with Gasteiger partial charge in [0.15, 0.2) is 0 Å². The maximum Gasteiger partial charge on any atom is 0.222 e. The van der Waals surface area contributed by atoms with Crippen LogP contribution in [0.3, 0.4) is 0 Å². The van der Waals surface area contributed by atoms with Gasteiger partial charge >= 0.3 is 0 Å². The third-order valence-corrected chi connectivity index (χ3v) is 5.01. The molecule has 2 fully saturated rings. The first kappa shape index (κ1) is 14.9. The van der Waals surface area contributed by atoms with Gasteiger partial charge < -0.3 is 10.6 Å². The first-order valence-electron chi connectivity index (χ1n) is 7.91. The van der Waals surface area contributed by atoms with Crippen LogP contribution in [0.2, 0.25) is 5.02 Å². The van der Waals surface area contributed by atoms with Gasteiger partial charge in [-0.05, 0) is 55.2 Å². The van der Waals surface area contributed by atoms with Crippen LogP contribution >= 0.6 is 11.6 Å².